The van der Waals surface area contributed by atoms with Gasteiger partial charge >= 0.3 is 59.7 Å². The van der Waals surface area contributed by atoms with Gasteiger partial charge in [-0.15, -0.1) is 0 Å². The first-order chi connectivity index (χ1) is 60.7. The van der Waals surface area contributed by atoms with Crippen molar-refractivity contribution < 1.29 is 95.3 Å². The predicted octanol–water partition coefficient (Wildman–Crippen LogP) is 17.9. The highest BCUT2D eigenvalue weighted by Gasteiger charge is 2.23. The zero-order valence-corrected chi connectivity index (χ0v) is 84.0. The smallest absolute Gasteiger partial charge is 0.309 e. The summed E-state index contributed by atoms with van der Waals surface area (Å²) < 4.78 is 55.0. The minimum Gasteiger partial charge on any atom is -0.462 e. The number of hydrogen-bond donors (Lipinski definition) is 2. The van der Waals surface area contributed by atoms with E-state index in [0.29, 0.717) is 101 Å². The van der Waals surface area contributed by atoms with E-state index < -0.39 is 29.8 Å². The van der Waals surface area contributed by atoms with Gasteiger partial charge in [0.05, 0.1) is 55.8 Å². The normalized spacial score (nSPS) is 12.7. The first-order valence-electron chi connectivity index (χ1n) is 48.8. The number of carbonyl (C=O) groups excluding carboxylic acids is 10. The molecular weight excluding hydrogens is 1690 g/mol. The molecule has 0 aromatic heterocycles. The Morgan fingerprint density at radius 3 is 0.736 bits per heavy atom. The highest BCUT2D eigenvalue weighted by atomic mass is 32.2. The van der Waals surface area contributed by atoms with Crippen LogP contribution in [0, 0.1) is 29.6 Å². The van der Waals surface area contributed by atoms with Gasteiger partial charge in [0, 0.05) is 101 Å². The number of unbranched alkanes of at least 4 members (excludes halogenated alkanes) is 25. The Hall–Kier alpha value is -3.75. The minimum atomic E-state index is -0.498. The van der Waals surface area contributed by atoms with E-state index in [1.807, 2.05) is 56.2 Å². The summed E-state index contributed by atoms with van der Waals surface area (Å²) in [6, 6.07) is 0. The summed E-state index contributed by atoms with van der Waals surface area (Å²) in [4.78, 5) is 136. The third kappa shape index (κ3) is 81.9. The molecule has 25 nitrogen and oxygen atoms in total. The van der Waals surface area contributed by atoms with E-state index in [4.69, 9.17) is 47.4 Å². The molecule has 0 aliphatic rings. The van der Waals surface area contributed by atoms with Gasteiger partial charge in [-0.3, -0.25) is 47.9 Å². The van der Waals surface area contributed by atoms with Crippen LogP contribution in [0.4, 0.5) is 0 Å². The van der Waals surface area contributed by atoms with Crippen molar-refractivity contribution in [3.05, 3.63) is 0 Å². The highest BCUT2D eigenvalue weighted by Crippen LogP contribution is 2.21. The maximum absolute atomic E-state index is 13.4. The molecule has 2 N–H and O–H groups in total. The zero-order valence-electron chi connectivity index (χ0n) is 79.9. The number of rotatable bonds is 94. The van der Waals surface area contributed by atoms with Gasteiger partial charge in [0.1, 0.15) is 66.1 Å². The Labute approximate surface area is 779 Å². The van der Waals surface area contributed by atoms with Crippen LogP contribution in [-0.4, -0.2) is 283 Å². The first-order valence-corrected chi connectivity index (χ1v) is 54.5. The molecule has 30 heteroatoms. The van der Waals surface area contributed by atoms with E-state index in [1.165, 1.54) is 167 Å². The number of thioether (sulfide) groups is 5. The molecule has 125 heavy (non-hydrogen) atoms. The summed E-state index contributed by atoms with van der Waals surface area (Å²) in [5.74, 6) is 3.59. The van der Waals surface area contributed by atoms with Crippen LogP contribution in [0.25, 0.3) is 0 Å². The van der Waals surface area contributed by atoms with Crippen LogP contribution in [0.2, 0.25) is 0 Å². The van der Waals surface area contributed by atoms with Crippen molar-refractivity contribution in [2.75, 3.05) is 209 Å². The summed E-state index contributed by atoms with van der Waals surface area (Å²) in [7, 11) is 0. The lowest BCUT2D eigenvalue weighted by Gasteiger charge is -2.27. The average molecular weight is 1870 g/mol. The molecule has 0 aliphatic carbocycles. The summed E-state index contributed by atoms with van der Waals surface area (Å²) in [5, 5.41) is 6.97. The fraction of sp³-hybridized carbons (Fsp3) is 0.895. The standard InChI is InChI=1S/C95H177N5O20S5/c1-11-16-21-26-31-36-70-121-76-81(6)75-91(106)116-61-60-111-89(104)45-55-100(56-46-90(105)115-65-69-120-95(110)85(10)80-125-74-40-35-30-25-20-15-5)59-58-98(52-42-86(101)112-62-66-117-92(107)82(7)77-122-71-37-32-27-22-17-12-2)51-41-47-96-48-49-97-50-57-99(53-43-87(102)113-63-67-118-93(108)83(8)78-123-72-38-33-28-23-18-13-3)54-44-88(103)114-64-68-119-94(109)84(9)79-124-73-39-34-29-24-19-14-4/h81-85,96-97H,11-80H2,1-10H3. The van der Waals surface area contributed by atoms with Crippen molar-refractivity contribution in [3.8, 4) is 0 Å². The van der Waals surface area contributed by atoms with E-state index >= 15 is 0 Å². The minimum absolute atomic E-state index is 0.0203. The van der Waals surface area contributed by atoms with Crippen molar-refractivity contribution in [3.63, 3.8) is 0 Å². The van der Waals surface area contributed by atoms with Gasteiger partial charge in [-0.05, 0) is 92.0 Å². The van der Waals surface area contributed by atoms with Gasteiger partial charge in [-0.2, -0.15) is 58.8 Å². The molecule has 0 saturated heterocycles. The largest absolute Gasteiger partial charge is 0.462 e. The molecule has 0 heterocycles. The lowest BCUT2D eigenvalue weighted by molar-refractivity contribution is -0.154. The Morgan fingerprint density at radius 2 is 0.456 bits per heavy atom. The zero-order chi connectivity index (χ0) is 91.9. The number of esters is 10. The van der Waals surface area contributed by atoms with Crippen molar-refractivity contribution >= 4 is 119 Å². The average Bonchev–Trinajstić information content (AvgIpc) is 0.947. The molecule has 0 aromatic carbocycles. The van der Waals surface area contributed by atoms with Crippen LogP contribution in [0.1, 0.15) is 307 Å². The number of hydrogen-bond acceptors (Lipinski definition) is 30. The van der Waals surface area contributed by atoms with E-state index in [9.17, 15) is 47.9 Å². The van der Waals surface area contributed by atoms with Gasteiger partial charge in [0.15, 0.2) is 0 Å². The van der Waals surface area contributed by atoms with Crippen molar-refractivity contribution in [1.82, 2.24) is 25.3 Å². The Balaban J connectivity index is 6.14. The Kier molecular flexibility index (Phi) is 88.1. The van der Waals surface area contributed by atoms with Crippen LogP contribution in [0.5, 0.6) is 0 Å². The molecule has 5 atom stereocenters. The van der Waals surface area contributed by atoms with Gasteiger partial charge in [-0.1, -0.05) is 230 Å². The molecule has 0 rings (SSSR count). The number of carbonyl (C=O) groups is 10. The number of nitrogens with zero attached hydrogens (tertiary/aromatic N) is 3. The quantitative estimate of drug-likeness (QED) is 0.0325. The van der Waals surface area contributed by atoms with Crippen molar-refractivity contribution in [1.29, 1.82) is 0 Å². The maximum atomic E-state index is 13.4. The molecule has 0 amide bonds. The Bertz CT molecular complexity index is 2570. The fourth-order valence-electron chi connectivity index (χ4n) is 13.0. The molecule has 0 fully saturated rings. The predicted molar refractivity (Wildman–Crippen MR) is 516 cm³/mol. The summed E-state index contributed by atoms with van der Waals surface area (Å²) in [6.45, 7) is 25.4. The third-order valence-electron chi connectivity index (χ3n) is 21.0. The summed E-state index contributed by atoms with van der Waals surface area (Å²) >= 11 is 8.88. The van der Waals surface area contributed by atoms with E-state index in [1.54, 1.807) is 47.0 Å². The van der Waals surface area contributed by atoms with Gasteiger partial charge < -0.3 is 72.7 Å². The number of nitrogens with one attached hydrogen (secondary N) is 2. The molecule has 0 bridgehead atoms. The fourth-order valence-corrected chi connectivity index (χ4v) is 18.3. The molecule has 732 valence electrons. The number of ether oxygens (including phenoxy) is 10. The first kappa shape index (κ1) is 121. The van der Waals surface area contributed by atoms with Gasteiger partial charge in [-0.25, -0.2) is 0 Å². The molecule has 0 spiro atoms. The van der Waals surface area contributed by atoms with E-state index in [2.05, 4.69) is 50.2 Å². The SMILES string of the molecule is CCCCCCCCSCC(C)CC(=O)OCCOC(=O)CCN(CCC(=O)OCCOC(=O)C(C)CSCCCCCCCC)CCN(CCCNCCNCCN(CCC(=O)OCCOC(=O)C(C)CSCCCCCCCC)CCC(=O)OCCOC(=O)C(C)CSCCCCCCCC)CCC(=O)OCCOC(=O)C(C)CSCCCCCCCC. The monoisotopic (exact) mass is 1870 g/mol. The lowest BCUT2D eigenvalue weighted by Crippen LogP contribution is -2.40. The van der Waals surface area contributed by atoms with Crippen molar-refractivity contribution in [2.45, 2.75) is 307 Å². The van der Waals surface area contributed by atoms with Gasteiger partial charge in [0.2, 0.25) is 0 Å². The van der Waals surface area contributed by atoms with Crippen LogP contribution >= 0.6 is 58.8 Å². The van der Waals surface area contributed by atoms with Crippen LogP contribution in [-0.2, 0) is 95.3 Å². The topological polar surface area (TPSA) is 297 Å². The van der Waals surface area contributed by atoms with Crippen LogP contribution < -0.4 is 10.6 Å². The maximum Gasteiger partial charge on any atom is 0.309 e. The molecule has 0 radical (unpaired) electrons. The summed E-state index contributed by atoms with van der Waals surface area (Å²) in [5.41, 5.74) is 0. The van der Waals surface area contributed by atoms with E-state index in [0.717, 1.165) is 60.2 Å². The Morgan fingerprint density at radius 1 is 0.232 bits per heavy atom. The highest BCUT2D eigenvalue weighted by molar-refractivity contribution is 8.00. The molecule has 0 aliphatic heterocycles. The molecule has 5 unspecified atom stereocenters. The summed E-state index contributed by atoms with van der Waals surface area (Å²) in [6.07, 6.45) is 37.7. The van der Waals surface area contributed by atoms with Crippen molar-refractivity contribution in [2.24, 2.45) is 29.6 Å². The molecule has 0 saturated carbocycles. The van der Waals surface area contributed by atoms with Gasteiger partial charge in [0.25, 0.3) is 0 Å². The molecule has 0 aromatic rings. The molecular formula is C95H177N5O20S5. The second kappa shape index (κ2) is 90.8. The lowest BCUT2D eigenvalue weighted by atomic mass is 10.1. The van der Waals surface area contributed by atoms with E-state index in [-0.39, 0.29) is 177 Å². The van der Waals surface area contributed by atoms with Crippen LogP contribution in [0.15, 0.2) is 0 Å². The second-order valence-electron chi connectivity index (χ2n) is 33.2. The second-order valence-corrected chi connectivity index (χ2v) is 39.0. The third-order valence-corrected chi connectivity index (χ3v) is 27.6. The van der Waals surface area contributed by atoms with Crippen LogP contribution in [0.3, 0.4) is 0 Å².